The van der Waals surface area contributed by atoms with Gasteiger partial charge in [-0.15, -0.1) is 0 Å². The lowest BCUT2D eigenvalue weighted by Crippen LogP contribution is -2.10. The number of rotatable bonds is 4. The second-order valence-corrected chi connectivity index (χ2v) is 2.14. The van der Waals surface area contributed by atoms with Crippen LogP contribution in [0, 0.1) is 0 Å². The predicted molar refractivity (Wildman–Crippen MR) is 44.1 cm³/mol. The molecule has 0 radical (unpaired) electrons. The molecule has 64 valence electrons. The molecule has 0 atom stereocenters. The molecule has 3 heteroatoms. The maximum absolute atomic E-state index is 10.7. The van der Waals surface area contributed by atoms with E-state index in [-0.39, 0.29) is 5.97 Å². The Kier molecular flexibility index (Phi) is 5.25. The Labute approximate surface area is 67.6 Å². The molecule has 0 heterocycles. The summed E-state index contributed by atoms with van der Waals surface area (Å²) in [6.45, 7) is 5.11. The number of carbonyl (C=O) groups is 1. The van der Waals surface area contributed by atoms with Crippen LogP contribution in [0.15, 0.2) is 12.3 Å². The van der Waals surface area contributed by atoms with Crippen molar-refractivity contribution in [3.8, 4) is 0 Å². The van der Waals surface area contributed by atoms with Gasteiger partial charge in [-0.25, -0.2) is 4.79 Å². The van der Waals surface area contributed by atoms with Crippen molar-refractivity contribution < 1.29 is 9.53 Å². The van der Waals surface area contributed by atoms with E-state index in [2.05, 4.69) is 4.74 Å². The van der Waals surface area contributed by atoms with Crippen molar-refractivity contribution in [2.45, 2.75) is 13.8 Å². The lowest BCUT2D eigenvalue weighted by atomic mass is 10.5. The molecule has 0 aromatic heterocycles. The maximum atomic E-state index is 10.7. The first-order chi connectivity index (χ1) is 5.20. The van der Waals surface area contributed by atoms with Crippen LogP contribution in [0.5, 0.6) is 0 Å². The van der Waals surface area contributed by atoms with Crippen molar-refractivity contribution in [3.05, 3.63) is 12.3 Å². The largest absolute Gasteiger partial charge is 0.463 e. The van der Waals surface area contributed by atoms with Crippen LogP contribution in [-0.4, -0.2) is 31.1 Å². The Morgan fingerprint density at radius 2 is 2.18 bits per heavy atom. The summed E-state index contributed by atoms with van der Waals surface area (Å²) in [4.78, 5) is 12.6. The number of esters is 1. The molecule has 0 spiro atoms. The Bertz CT molecular complexity index is 143. The van der Waals surface area contributed by atoms with Crippen LogP contribution in [0.2, 0.25) is 0 Å². The van der Waals surface area contributed by atoms with Crippen molar-refractivity contribution in [1.29, 1.82) is 0 Å². The average Bonchev–Trinajstić information content (AvgIpc) is 2.01. The number of carbonyl (C=O) groups excluding carboxylic acids is 1. The number of nitrogens with zero attached hydrogens (tertiary/aromatic N) is 1. The quantitative estimate of drug-likeness (QED) is 0.450. The zero-order valence-corrected chi connectivity index (χ0v) is 7.33. The van der Waals surface area contributed by atoms with Crippen LogP contribution in [-0.2, 0) is 9.53 Å². The highest BCUT2D eigenvalue weighted by atomic mass is 16.5. The van der Waals surface area contributed by atoms with Crippen LogP contribution in [0.4, 0.5) is 0 Å². The molecule has 0 unspecified atom stereocenters. The van der Waals surface area contributed by atoms with Gasteiger partial charge in [-0.2, -0.15) is 0 Å². The third-order valence-corrected chi connectivity index (χ3v) is 1.25. The van der Waals surface area contributed by atoms with Gasteiger partial charge in [0.15, 0.2) is 0 Å². The van der Waals surface area contributed by atoms with E-state index in [0.29, 0.717) is 6.61 Å². The monoisotopic (exact) mass is 157 g/mol. The molecule has 0 aliphatic rings. The molecule has 0 fully saturated rings. The van der Waals surface area contributed by atoms with Gasteiger partial charge in [-0.05, 0) is 13.8 Å². The maximum Gasteiger partial charge on any atom is 0.332 e. The van der Waals surface area contributed by atoms with E-state index in [0.717, 1.165) is 6.54 Å². The summed E-state index contributed by atoms with van der Waals surface area (Å²) in [5, 5.41) is 0. The number of hydrogen-bond acceptors (Lipinski definition) is 3. The van der Waals surface area contributed by atoms with E-state index in [1.54, 1.807) is 13.1 Å². The molecule has 3 nitrogen and oxygen atoms in total. The van der Waals surface area contributed by atoms with Gasteiger partial charge in [0, 0.05) is 25.9 Å². The summed E-state index contributed by atoms with van der Waals surface area (Å²) in [6, 6.07) is 0. The van der Waals surface area contributed by atoms with Crippen LogP contribution >= 0.6 is 0 Å². The van der Waals surface area contributed by atoms with Gasteiger partial charge >= 0.3 is 5.97 Å². The van der Waals surface area contributed by atoms with Gasteiger partial charge in [0.2, 0.25) is 0 Å². The fraction of sp³-hybridized carbons (Fsp3) is 0.625. The van der Waals surface area contributed by atoms with E-state index in [4.69, 9.17) is 0 Å². The zero-order chi connectivity index (χ0) is 8.69. The molecular formula is C8H15NO2. The van der Waals surface area contributed by atoms with Crippen molar-refractivity contribution >= 4 is 5.97 Å². The molecule has 0 aliphatic carbocycles. The lowest BCUT2D eigenvalue weighted by molar-refractivity contribution is -0.137. The van der Waals surface area contributed by atoms with Crippen molar-refractivity contribution in [3.63, 3.8) is 0 Å². The second kappa shape index (κ2) is 5.77. The fourth-order valence-electron chi connectivity index (χ4n) is 0.484. The normalized spacial score (nSPS) is 10.1. The van der Waals surface area contributed by atoms with Crippen LogP contribution in [0.25, 0.3) is 0 Å². The molecule has 0 rings (SSSR count). The topological polar surface area (TPSA) is 29.5 Å². The van der Waals surface area contributed by atoms with Gasteiger partial charge in [-0.1, -0.05) is 0 Å². The zero-order valence-electron chi connectivity index (χ0n) is 7.33. The SMILES string of the molecule is CCOC(=O)/C=C/N(C)CC. The summed E-state index contributed by atoms with van der Waals surface area (Å²) in [5.41, 5.74) is 0. The summed E-state index contributed by atoms with van der Waals surface area (Å²) in [6.07, 6.45) is 3.13. The molecule has 11 heavy (non-hydrogen) atoms. The molecule has 0 bridgehead atoms. The Hall–Kier alpha value is -0.990. The lowest BCUT2D eigenvalue weighted by Gasteiger charge is -2.08. The Morgan fingerprint density at radius 1 is 1.55 bits per heavy atom. The van der Waals surface area contributed by atoms with Crippen LogP contribution in [0.1, 0.15) is 13.8 Å². The molecule has 0 saturated carbocycles. The van der Waals surface area contributed by atoms with Gasteiger partial charge in [0.05, 0.1) is 6.61 Å². The minimum atomic E-state index is -0.284. The van der Waals surface area contributed by atoms with Crippen LogP contribution < -0.4 is 0 Å². The molecule has 0 amide bonds. The fourth-order valence-corrected chi connectivity index (χ4v) is 0.484. The number of hydrogen-bond donors (Lipinski definition) is 0. The van der Waals surface area contributed by atoms with E-state index in [1.807, 2.05) is 18.9 Å². The molecule has 0 N–H and O–H groups in total. The van der Waals surface area contributed by atoms with Gasteiger partial charge in [0.25, 0.3) is 0 Å². The van der Waals surface area contributed by atoms with Crippen molar-refractivity contribution in [2.75, 3.05) is 20.2 Å². The van der Waals surface area contributed by atoms with E-state index < -0.39 is 0 Å². The third-order valence-electron chi connectivity index (χ3n) is 1.25. The first kappa shape index (κ1) is 10.0. The third kappa shape index (κ3) is 5.45. The standard InChI is InChI=1S/C8H15NO2/c1-4-9(3)7-6-8(10)11-5-2/h6-7H,4-5H2,1-3H3/b7-6+. The summed E-state index contributed by atoms with van der Waals surface area (Å²) in [5.74, 6) is -0.284. The highest BCUT2D eigenvalue weighted by Gasteiger charge is 1.92. The molecular weight excluding hydrogens is 142 g/mol. The minimum Gasteiger partial charge on any atom is -0.463 e. The predicted octanol–water partition coefficient (Wildman–Crippen LogP) is 1.01. The first-order valence-corrected chi connectivity index (χ1v) is 3.75. The van der Waals surface area contributed by atoms with E-state index >= 15 is 0 Å². The van der Waals surface area contributed by atoms with Crippen molar-refractivity contribution in [1.82, 2.24) is 4.90 Å². The summed E-state index contributed by atoms with van der Waals surface area (Å²) >= 11 is 0. The average molecular weight is 157 g/mol. The Balaban J connectivity index is 3.63. The van der Waals surface area contributed by atoms with Crippen LogP contribution in [0.3, 0.4) is 0 Å². The first-order valence-electron chi connectivity index (χ1n) is 3.75. The van der Waals surface area contributed by atoms with Gasteiger partial charge < -0.3 is 9.64 Å². The highest BCUT2D eigenvalue weighted by molar-refractivity contribution is 5.81. The molecule has 0 aromatic carbocycles. The van der Waals surface area contributed by atoms with E-state index in [9.17, 15) is 4.79 Å². The summed E-state index contributed by atoms with van der Waals surface area (Å²) < 4.78 is 4.68. The molecule has 0 aliphatic heterocycles. The van der Waals surface area contributed by atoms with Gasteiger partial charge in [0.1, 0.15) is 0 Å². The molecule has 0 aromatic rings. The van der Waals surface area contributed by atoms with Gasteiger partial charge in [-0.3, -0.25) is 0 Å². The highest BCUT2D eigenvalue weighted by Crippen LogP contribution is 1.85. The Morgan fingerprint density at radius 3 is 2.64 bits per heavy atom. The molecule has 0 saturated heterocycles. The summed E-state index contributed by atoms with van der Waals surface area (Å²) in [7, 11) is 1.90. The van der Waals surface area contributed by atoms with Crippen molar-refractivity contribution in [2.24, 2.45) is 0 Å². The van der Waals surface area contributed by atoms with E-state index in [1.165, 1.54) is 6.08 Å². The second-order valence-electron chi connectivity index (χ2n) is 2.14. The smallest absolute Gasteiger partial charge is 0.332 e. The minimum absolute atomic E-state index is 0.284. The number of ether oxygens (including phenoxy) is 1.